The Morgan fingerprint density at radius 2 is 2.29 bits per heavy atom. The zero-order chi connectivity index (χ0) is 12.5. The van der Waals surface area contributed by atoms with Crippen LogP contribution in [0.3, 0.4) is 0 Å². The number of esters is 1. The number of carbonyl (C=O) groups is 2. The normalized spacial score (nSPS) is 15.4. The Morgan fingerprint density at radius 1 is 1.47 bits per heavy atom. The number of allylic oxidation sites excluding steroid dienone is 4. The van der Waals surface area contributed by atoms with Crippen LogP contribution in [-0.2, 0) is 14.3 Å². The first-order valence-corrected chi connectivity index (χ1v) is 6.27. The molecule has 3 nitrogen and oxygen atoms in total. The molecule has 0 saturated carbocycles. The highest BCUT2D eigenvalue weighted by molar-refractivity contribution is 5.97. The van der Waals surface area contributed by atoms with Gasteiger partial charge in [-0.25, -0.2) is 0 Å². The van der Waals surface area contributed by atoms with Gasteiger partial charge in [-0.1, -0.05) is 18.2 Å². The Labute approximate surface area is 103 Å². The zero-order valence-electron chi connectivity index (χ0n) is 10.4. The van der Waals surface area contributed by atoms with Gasteiger partial charge in [0, 0.05) is 12.8 Å². The third-order valence-corrected chi connectivity index (χ3v) is 2.68. The third-order valence-electron chi connectivity index (χ3n) is 2.68. The van der Waals surface area contributed by atoms with E-state index in [0.717, 1.165) is 31.3 Å². The standard InChI is InChI=1S/C14H20O3/c1-2-17-14(16)11-6-4-3-5-8-12-9-7-10-13(12)15/h3,5,9H,2,4,6-8,10-11H2,1H3. The molecule has 0 heterocycles. The summed E-state index contributed by atoms with van der Waals surface area (Å²) in [5.41, 5.74) is 0.937. The maximum absolute atomic E-state index is 11.3. The van der Waals surface area contributed by atoms with Crippen molar-refractivity contribution in [2.45, 2.75) is 45.4 Å². The van der Waals surface area contributed by atoms with Gasteiger partial charge in [-0.2, -0.15) is 0 Å². The molecule has 0 spiro atoms. The summed E-state index contributed by atoms with van der Waals surface area (Å²) in [6.45, 7) is 2.26. The van der Waals surface area contributed by atoms with Crippen molar-refractivity contribution >= 4 is 11.8 Å². The lowest BCUT2D eigenvalue weighted by molar-refractivity contribution is -0.143. The molecule has 0 bridgehead atoms. The molecule has 0 aromatic carbocycles. The molecule has 17 heavy (non-hydrogen) atoms. The molecule has 0 fully saturated rings. The molecule has 94 valence electrons. The Morgan fingerprint density at radius 3 is 2.94 bits per heavy atom. The predicted octanol–water partition coefficient (Wildman–Crippen LogP) is 2.96. The van der Waals surface area contributed by atoms with E-state index in [4.69, 9.17) is 4.74 Å². The van der Waals surface area contributed by atoms with Crippen LogP contribution >= 0.6 is 0 Å². The van der Waals surface area contributed by atoms with Crippen LogP contribution in [-0.4, -0.2) is 18.4 Å². The molecule has 0 aromatic rings. The molecule has 1 aliphatic rings. The molecule has 1 aliphatic carbocycles. The Hall–Kier alpha value is -1.38. The van der Waals surface area contributed by atoms with Gasteiger partial charge >= 0.3 is 5.97 Å². The van der Waals surface area contributed by atoms with Crippen molar-refractivity contribution in [1.29, 1.82) is 0 Å². The van der Waals surface area contributed by atoms with Gasteiger partial charge in [-0.05, 0) is 38.2 Å². The summed E-state index contributed by atoms with van der Waals surface area (Å²) in [7, 11) is 0. The number of ketones is 1. The summed E-state index contributed by atoms with van der Waals surface area (Å²) in [6, 6.07) is 0. The van der Waals surface area contributed by atoms with Gasteiger partial charge in [0.05, 0.1) is 6.61 Å². The lowest BCUT2D eigenvalue weighted by atomic mass is 10.1. The second kappa shape index (κ2) is 7.82. The van der Waals surface area contributed by atoms with Crippen molar-refractivity contribution in [3.63, 3.8) is 0 Å². The van der Waals surface area contributed by atoms with E-state index in [2.05, 4.69) is 0 Å². The number of hydrogen-bond donors (Lipinski definition) is 0. The smallest absolute Gasteiger partial charge is 0.305 e. The average molecular weight is 236 g/mol. The molecule has 1 rings (SSSR count). The van der Waals surface area contributed by atoms with E-state index >= 15 is 0 Å². The number of hydrogen-bond acceptors (Lipinski definition) is 3. The van der Waals surface area contributed by atoms with Crippen molar-refractivity contribution in [2.75, 3.05) is 6.61 Å². The zero-order valence-corrected chi connectivity index (χ0v) is 10.4. The third kappa shape index (κ3) is 5.48. The maximum Gasteiger partial charge on any atom is 0.305 e. The van der Waals surface area contributed by atoms with Gasteiger partial charge in [0.25, 0.3) is 0 Å². The molecule has 0 saturated heterocycles. The van der Waals surface area contributed by atoms with Crippen molar-refractivity contribution in [2.24, 2.45) is 0 Å². The van der Waals surface area contributed by atoms with E-state index in [9.17, 15) is 9.59 Å². The monoisotopic (exact) mass is 236 g/mol. The summed E-state index contributed by atoms with van der Waals surface area (Å²) in [6.07, 6.45) is 10.5. The Kier molecular flexibility index (Phi) is 6.30. The van der Waals surface area contributed by atoms with Crippen LogP contribution in [0.1, 0.15) is 45.4 Å². The number of ether oxygens (including phenoxy) is 1. The summed E-state index contributed by atoms with van der Waals surface area (Å²) in [5, 5.41) is 0. The predicted molar refractivity (Wildman–Crippen MR) is 66.6 cm³/mol. The second-order valence-corrected chi connectivity index (χ2v) is 4.06. The number of Topliss-reactive ketones (excluding diaryl/α,β-unsaturated/α-hetero) is 1. The van der Waals surface area contributed by atoms with Crippen LogP contribution in [0.2, 0.25) is 0 Å². The lowest BCUT2D eigenvalue weighted by Crippen LogP contribution is -2.02. The highest BCUT2D eigenvalue weighted by atomic mass is 16.5. The fourth-order valence-electron chi connectivity index (χ4n) is 1.77. The van der Waals surface area contributed by atoms with Crippen LogP contribution in [0, 0.1) is 0 Å². The van der Waals surface area contributed by atoms with E-state index in [1.807, 2.05) is 25.2 Å². The van der Waals surface area contributed by atoms with Crippen LogP contribution in [0.5, 0.6) is 0 Å². The van der Waals surface area contributed by atoms with Gasteiger partial charge in [-0.15, -0.1) is 0 Å². The fraction of sp³-hybridized carbons (Fsp3) is 0.571. The Balaban J connectivity index is 2.06. The largest absolute Gasteiger partial charge is 0.466 e. The van der Waals surface area contributed by atoms with Gasteiger partial charge < -0.3 is 4.74 Å². The van der Waals surface area contributed by atoms with Crippen molar-refractivity contribution in [1.82, 2.24) is 0 Å². The molecule has 0 unspecified atom stereocenters. The Bertz CT molecular complexity index is 326. The number of carbonyl (C=O) groups excluding carboxylic acids is 2. The highest BCUT2D eigenvalue weighted by Gasteiger charge is 2.12. The van der Waals surface area contributed by atoms with Gasteiger partial charge in [-0.3, -0.25) is 9.59 Å². The maximum atomic E-state index is 11.3. The van der Waals surface area contributed by atoms with E-state index in [1.165, 1.54) is 0 Å². The summed E-state index contributed by atoms with van der Waals surface area (Å²) in [5.74, 6) is 0.149. The molecule has 0 radical (unpaired) electrons. The van der Waals surface area contributed by atoms with E-state index in [1.54, 1.807) is 0 Å². The van der Waals surface area contributed by atoms with Crippen molar-refractivity contribution in [3.05, 3.63) is 23.8 Å². The lowest BCUT2D eigenvalue weighted by Gasteiger charge is -1.99. The molecule has 0 N–H and O–H groups in total. The second-order valence-electron chi connectivity index (χ2n) is 4.06. The van der Waals surface area contributed by atoms with Gasteiger partial charge in [0.2, 0.25) is 0 Å². The SMILES string of the molecule is CCOC(=O)CCCC=CCC1=CCCC1=O. The minimum Gasteiger partial charge on any atom is -0.466 e. The molecule has 3 heteroatoms. The molecular weight excluding hydrogens is 216 g/mol. The molecule has 0 aliphatic heterocycles. The summed E-state index contributed by atoms with van der Waals surface area (Å²) < 4.78 is 4.83. The van der Waals surface area contributed by atoms with E-state index in [0.29, 0.717) is 19.4 Å². The van der Waals surface area contributed by atoms with Crippen molar-refractivity contribution < 1.29 is 14.3 Å². The summed E-state index contributed by atoms with van der Waals surface area (Å²) in [4.78, 5) is 22.3. The molecule has 0 aromatic heterocycles. The van der Waals surface area contributed by atoms with Gasteiger partial charge in [0.15, 0.2) is 5.78 Å². The van der Waals surface area contributed by atoms with Gasteiger partial charge in [0.1, 0.15) is 0 Å². The van der Waals surface area contributed by atoms with Crippen molar-refractivity contribution in [3.8, 4) is 0 Å². The molecule has 0 atom stereocenters. The topological polar surface area (TPSA) is 43.4 Å². The highest BCUT2D eigenvalue weighted by Crippen LogP contribution is 2.17. The minimum atomic E-state index is -0.130. The number of rotatable bonds is 7. The van der Waals surface area contributed by atoms with Crippen LogP contribution in [0.4, 0.5) is 0 Å². The molecule has 0 amide bonds. The van der Waals surface area contributed by atoms with Crippen LogP contribution < -0.4 is 0 Å². The molecular formula is C14H20O3. The number of unbranched alkanes of at least 4 members (excludes halogenated alkanes) is 1. The van der Waals surface area contributed by atoms with E-state index in [-0.39, 0.29) is 11.8 Å². The quantitative estimate of drug-likeness (QED) is 0.388. The first-order chi connectivity index (χ1) is 8.24. The van der Waals surface area contributed by atoms with E-state index < -0.39 is 0 Å². The first-order valence-electron chi connectivity index (χ1n) is 6.27. The van der Waals surface area contributed by atoms with Crippen LogP contribution in [0.15, 0.2) is 23.8 Å². The average Bonchev–Trinajstić information content (AvgIpc) is 2.70. The summed E-state index contributed by atoms with van der Waals surface area (Å²) >= 11 is 0. The first kappa shape index (κ1) is 13.7. The fourth-order valence-corrected chi connectivity index (χ4v) is 1.77. The van der Waals surface area contributed by atoms with Crippen LogP contribution in [0.25, 0.3) is 0 Å². The minimum absolute atomic E-state index is 0.130.